The van der Waals surface area contributed by atoms with Crippen LogP contribution in [0.5, 0.6) is 0 Å². The van der Waals surface area contributed by atoms with Gasteiger partial charge in [-0.3, -0.25) is 4.79 Å². The molecule has 1 aliphatic carbocycles. The molecule has 1 amide bonds. The maximum absolute atomic E-state index is 11.6. The molecule has 0 fully saturated rings. The zero-order chi connectivity index (χ0) is 14.5. The minimum absolute atomic E-state index is 0.292. The Hall–Kier alpha value is -1.35. The molecule has 1 aliphatic rings. The second-order valence-electron chi connectivity index (χ2n) is 5.74. The van der Waals surface area contributed by atoms with Crippen LogP contribution in [0.15, 0.2) is 18.2 Å². The van der Waals surface area contributed by atoms with Crippen LogP contribution in [0.3, 0.4) is 0 Å². The number of carbonyl (C=O) groups is 1. The zero-order valence-corrected chi connectivity index (χ0v) is 12.7. The van der Waals surface area contributed by atoms with Crippen LogP contribution in [0.25, 0.3) is 0 Å². The van der Waals surface area contributed by atoms with Crippen LogP contribution >= 0.6 is 0 Å². The van der Waals surface area contributed by atoms with Crippen molar-refractivity contribution in [1.82, 2.24) is 4.90 Å². The summed E-state index contributed by atoms with van der Waals surface area (Å²) in [5.74, 6) is -0.292. The van der Waals surface area contributed by atoms with E-state index in [9.17, 15) is 4.79 Å². The Bertz CT molecular complexity index is 464. The van der Waals surface area contributed by atoms with E-state index in [1.807, 2.05) is 12.1 Å². The predicted molar refractivity (Wildman–Crippen MR) is 82.9 cm³/mol. The van der Waals surface area contributed by atoms with Crippen molar-refractivity contribution in [1.29, 1.82) is 0 Å². The Morgan fingerprint density at radius 3 is 2.60 bits per heavy atom. The summed E-state index contributed by atoms with van der Waals surface area (Å²) in [6, 6.07) is 6.52. The van der Waals surface area contributed by atoms with Crippen LogP contribution in [0, 0.1) is 0 Å². The molecule has 0 saturated heterocycles. The topological polar surface area (TPSA) is 46.3 Å². The third-order valence-electron chi connectivity index (χ3n) is 4.26. The molecule has 20 heavy (non-hydrogen) atoms. The minimum atomic E-state index is -0.292. The molecule has 3 nitrogen and oxygen atoms in total. The number of nitrogens with two attached hydrogens (primary N) is 1. The first kappa shape index (κ1) is 15.0. The monoisotopic (exact) mass is 274 g/mol. The van der Waals surface area contributed by atoms with Crippen molar-refractivity contribution in [2.24, 2.45) is 5.73 Å². The summed E-state index contributed by atoms with van der Waals surface area (Å²) >= 11 is 0. The molecular formula is C17H26N2O. The van der Waals surface area contributed by atoms with Crippen LogP contribution < -0.4 is 5.73 Å². The summed E-state index contributed by atoms with van der Waals surface area (Å²) in [5.41, 5.74) is 8.75. The van der Waals surface area contributed by atoms with Gasteiger partial charge in [0.1, 0.15) is 0 Å². The molecule has 3 heteroatoms. The van der Waals surface area contributed by atoms with E-state index in [4.69, 9.17) is 5.73 Å². The average molecular weight is 274 g/mol. The molecule has 2 rings (SSSR count). The van der Waals surface area contributed by atoms with Crippen molar-refractivity contribution in [3.63, 3.8) is 0 Å². The molecule has 0 saturated carbocycles. The lowest BCUT2D eigenvalue weighted by Crippen LogP contribution is -2.41. The fraction of sp³-hybridized carbons (Fsp3) is 0.588. The van der Waals surface area contributed by atoms with Gasteiger partial charge < -0.3 is 10.6 Å². The van der Waals surface area contributed by atoms with Gasteiger partial charge in [0.15, 0.2) is 0 Å². The predicted octanol–water partition coefficient (Wildman–Crippen LogP) is 2.76. The Labute approximate surface area is 122 Å². The number of fused-ring (bicyclic) bond motifs is 1. The standard InChI is InChI=1S/C17H26N2O/c1-3-10-19(11-4-2)14-9-8-13-6-5-7-15(17(18)20)16(13)12-14/h5-7,14H,3-4,8-12H2,1-2H3,(H2,18,20)/t14-/m1/s1. The van der Waals surface area contributed by atoms with E-state index in [1.165, 1.54) is 30.4 Å². The Morgan fingerprint density at radius 2 is 2.00 bits per heavy atom. The molecule has 110 valence electrons. The summed E-state index contributed by atoms with van der Waals surface area (Å²) in [4.78, 5) is 14.2. The van der Waals surface area contributed by atoms with Gasteiger partial charge in [0.2, 0.25) is 5.91 Å². The maximum atomic E-state index is 11.6. The molecule has 1 atom stereocenters. The highest BCUT2D eigenvalue weighted by atomic mass is 16.1. The highest BCUT2D eigenvalue weighted by molar-refractivity contribution is 5.94. The van der Waals surface area contributed by atoms with E-state index in [1.54, 1.807) is 0 Å². The number of hydrogen-bond acceptors (Lipinski definition) is 2. The van der Waals surface area contributed by atoms with Crippen molar-refractivity contribution in [3.8, 4) is 0 Å². The Kier molecular flexibility index (Phi) is 5.18. The van der Waals surface area contributed by atoms with Gasteiger partial charge in [0, 0.05) is 11.6 Å². The van der Waals surface area contributed by atoms with Crippen LogP contribution in [0.2, 0.25) is 0 Å². The van der Waals surface area contributed by atoms with Gasteiger partial charge in [0.25, 0.3) is 0 Å². The second-order valence-corrected chi connectivity index (χ2v) is 5.74. The van der Waals surface area contributed by atoms with Gasteiger partial charge in [0.05, 0.1) is 0 Å². The number of benzene rings is 1. The summed E-state index contributed by atoms with van der Waals surface area (Å²) in [5, 5.41) is 0. The fourth-order valence-corrected chi connectivity index (χ4v) is 3.36. The molecule has 0 bridgehead atoms. The van der Waals surface area contributed by atoms with Crippen molar-refractivity contribution < 1.29 is 4.79 Å². The van der Waals surface area contributed by atoms with Gasteiger partial charge in [-0.15, -0.1) is 0 Å². The van der Waals surface area contributed by atoms with E-state index in [2.05, 4.69) is 24.8 Å². The first-order valence-corrected chi connectivity index (χ1v) is 7.82. The number of primary amides is 1. The van der Waals surface area contributed by atoms with Crippen LogP contribution in [-0.4, -0.2) is 29.9 Å². The lowest BCUT2D eigenvalue weighted by atomic mass is 9.84. The summed E-state index contributed by atoms with van der Waals surface area (Å²) in [7, 11) is 0. The molecule has 0 heterocycles. The lowest BCUT2D eigenvalue weighted by Gasteiger charge is -2.35. The number of hydrogen-bond donors (Lipinski definition) is 1. The number of aryl methyl sites for hydroxylation is 1. The third-order valence-corrected chi connectivity index (χ3v) is 4.26. The quantitative estimate of drug-likeness (QED) is 0.867. The van der Waals surface area contributed by atoms with Crippen LogP contribution in [0.1, 0.15) is 54.6 Å². The lowest BCUT2D eigenvalue weighted by molar-refractivity contribution is 0.0998. The van der Waals surface area contributed by atoms with E-state index in [0.717, 1.165) is 31.5 Å². The highest BCUT2D eigenvalue weighted by Crippen LogP contribution is 2.27. The minimum Gasteiger partial charge on any atom is -0.366 e. The number of amides is 1. The van der Waals surface area contributed by atoms with Gasteiger partial charge in [-0.05, 0) is 62.4 Å². The van der Waals surface area contributed by atoms with Gasteiger partial charge in [-0.1, -0.05) is 26.0 Å². The molecule has 1 aromatic carbocycles. The molecular weight excluding hydrogens is 248 g/mol. The van der Waals surface area contributed by atoms with E-state index < -0.39 is 0 Å². The molecule has 0 spiro atoms. The van der Waals surface area contributed by atoms with E-state index in [0.29, 0.717) is 6.04 Å². The van der Waals surface area contributed by atoms with Crippen LogP contribution in [-0.2, 0) is 12.8 Å². The molecule has 0 unspecified atom stereocenters. The smallest absolute Gasteiger partial charge is 0.248 e. The maximum Gasteiger partial charge on any atom is 0.248 e. The number of nitrogens with zero attached hydrogens (tertiary/aromatic N) is 1. The van der Waals surface area contributed by atoms with E-state index in [-0.39, 0.29) is 5.91 Å². The van der Waals surface area contributed by atoms with Crippen molar-refractivity contribution in [3.05, 3.63) is 34.9 Å². The first-order chi connectivity index (χ1) is 9.67. The SMILES string of the molecule is CCCN(CCC)[C@@H]1CCc2cccc(C(N)=O)c2C1. The fourth-order valence-electron chi connectivity index (χ4n) is 3.36. The largest absolute Gasteiger partial charge is 0.366 e. The second kappa shape index (κ2) is 6.89. The van der Waals surface area contributed by atoms with Gasteiger partial charge in [-0.2, -0.15) is 0 Å². The number of rotatable bonds is 6. The van der Waals surface area contributed by atoms with Crippen molar-refractivity contribution >= 4 is 5.91 Å². The summed E-state index contributed by atoms with van der Waals surface area (Å²) < 4.78 is 0. The molecule has 2 N–H and O–H groups in total. The Morgan fingerprint density at radius 1 is 1.30 bits per heavy atom. The average Bonchev–Trinajstić information content (AvgIpc) is 2.45. The molecule has 0 aromatic heterocycles. The highest BCUT2D eigenvalue weighted by Gasteiger charge is 2.26. The summed E-state index contributed by atoms with van der Waals surface area (Å²) in [6.07, 6.45) is 5.58. The van der Waals surface area contributed by atoms with Crippen molar-refractivity contribution in [2.45, 2.75) is 52.0 Å². The van der Waals surface area contributed by atoms with E-state index >= 15 is 0 Å². The van der Waals surface area contributed by atoms with Gasteiger partial charge >= 0.3 is 0 Å². The molecule has 1 aromatic rings. The Balaban J connectivity index is 2.22. The van der Waals surface area contributed by atoms with Crippen LogP contribution in [0.4, 0.5) is 0 Å². The van der Waals surface area contributed by atoms with Crippen molar-refractivity contribution in [2.75, 3.05) is 13.1 Å². The molecule has 0 radical (unpaired) electrons. The normalized spacial score (nSPS) is 18.1. The summed E-state index contributed by atoms with van der Waals surface area (Å²) in [6.45, 7) is 6.75. The first-order valence-electron chi connectivity index (χ1n) is 7.82. The third kappa shape index (κ3) is 3.21. The number of carbonyl (C=O) groups excluding carboxylic acids is 1. The zero-order valence-electron chi connectivity index (χ0n) is 12.7. The molecule has 0 aliphatic heterocycles. The van der Waals surface area contributed by atoms with Gasteiger partial charge in [-0.25, -0.2) is 0 Å².